The quantitative estimate of drug-likeness (QED) is 0.349. The average Bonchev–Trinajstić information content (AvgIpc) is 2.49. The Bertz CT molecular complexity index is 762. The highest BCUT2D eigenvalue weighted by molar-refractivity contribution is 14.1. The zero-order chi connectivity index (χ0) is 16.1. The Balaban J connectivity index is 2.13. The molecule has 1 amide bonds. The van der Waals surface area contributed by atoms with E-state index in [9.17, 15) is 20.0 Å². The van der Waals surface area contributed by atoms with Crippen LogP contribution < -0.4 is 5.43 Å². The first-order valence-corrected chi connectivity index (χ1v) is 7.12. The molecular formula is C14H10IN3O4. The molecule has 0 bridgehead atoms. The average molecular weight is 411 g/mol. The van der Waals surface area contributed by atoms with Crippen molar-refractivity contribution in [3.05, 3.63) is 67.3 Å². The molecule has 0 aliphatic carbocycles. The number of halogens is 1. The van der Waals surface area contributed by atoms with Gasteiger partial charge < -0.3 is 5.11 Å². The van der Waals surface area contributed by atoms with Gasteiger partial charge in [0.1, 0.15) is 5.75 Å². The molecule has 8 heteroatoms. The molecule has 7 nitrogen and oxygen atoms in total. The summed E-state index contributed by atoms with van der Waals surface area (Å²) in [5.41, 5.74) is 2.73. The molecular weight excluding hydrogens is 401 g/mol. The van der Waals surface area contributed by atoms with Gasteiger partial charge in [0, 0.05) is 21.3 Å². The fourth-order valence-electron chi connectivity index (χ4n) is 1.62. The van der Waals surface area contributed by atoms with E-state index in [1.807, 2.05) is 28.7 Å². The van der Waals surface area contributed by atoms with Crippen LogP contribution in [0.25, 0.3) is 0 Å². The number of rotatable bonds is 4. The van der Waals surface area contributed by atoms with Crippen LogP contribution in [0.3, 0.4) is 0 Å². The third kappa shape index (κ3) is 3.79. The van der Waals surface area contributed by atoms with E-state index in [4.69, 9.17) is 0 Å². The summed E-state index contributed by atoms with van der Waals surface area (Å²) < 4.78 is 0.769. The molecule has 2 rings (SSSR count). The molecule has 2 aromatic rings. The predicted molar refractivity (Wildman–Crippen MR) is 89.0 cm³/mol. The van der Waals surface area contributed by atoms with Gasteiger partial charge in [-0.05, 0) is 40.8 Å². The number of nitrogens with one attached hydrogen (secondary N) is 1. The topological polar surface area (TPSA) is 105 Å². The molecule has 112 valence electrons. The number of phenols is 1. The second-order valence-corrected chi connectivity index (χ2v) is 5.34. The number of carbonyl (C=O) groups is 1. The molecule has 0 aliphatic rings. The lowest BCUT2D eigenvalue weighted by Crippen LogP contribution is -2.18. The van der Waals surface area contributed by atoms with Crippen molar-refractivity contribution in [2.75, 3.05) is 0 Å². The van der Waals surface area contributed by atoms with Gasteiger partial charge in [0.25, 0.3) is 11.6 Å². The Hall–Kier alpha value is -2.49. The summed E-state index contributed by atoms with van der Waals surface area (Å²) in [6.07, 6.45) is 1.15. The summed E-state index contributed by atoms with van der Waals surface area (Å²) in [4.78, 5) is 22.0. The van der Waals surface area contributed by atoms with E-state index in [1.54, 1.807) is 18.2 Å². The van der Waals surface area contributed by atoms with Crippen molar-refractivity contribution in [3.8, 4) is 5.75 Å². The zero-order valence-electron chi connectivity index (χ0n) is 11.1. The van der Waals surface area contributed by atoms with Crippen LogP contribution in [-0.4, -0.2) is 22.2 Å². The number of carbonyl (C=O) groups excluding carboxylic acids is 1. The maximum absolute atomic E-state index is 11.9. The number of non-ortho nitro benzene ring substituents is 1. The van der Waals surface area contributed by atoms with Crippen LogP contribution >= 0.6 is 22.6 Å². The maximum Gasteiger partial charge on any atom is 0.272 e. The number of phenolic OH excluding ortho intramolecular Hbond substituents is 1. The smallest absolute Gasteiger partial charge is 0.272 e. The van der Waals surface area contributed by atoms with Crippen LogP contribution in [0, 0.1) is 13.7 Å². The van der Waals surface area contributed by atoms with Crippen molar-refractivity contribution in [1.29, 1.82) is 0 Å². The largest absolute Gasteiger partial charge is 0.507 e. The van der Waals surface area contributed by atoms with E-state index in [0.717, 1.165) is 15.9 Å². The number of nitro groups is 1. The monoisotopic (exact) mass is 411 g/mol. The summed E-state index contributed by atoms with van der Waals surface area (Å²) in [6.45, 7) is 0. The Morgan fingerprint density at radius 1 is 1.32 bits per heavy atom. The minimum atomic E-state index is -0.582. The molecule has 0 aliphatic heterocycles. The fourth-order valence-corrected chi connectivity index (χ4v) is 2.26. The molecule has 0 saturated heterocycles. The highest BCUT2D eigenvalue weighted by atomic mass is 127. The summed E-state index contributed by atoms with van der Waals surface area (Å²) in [5.74, 6) is -0.580. The van der Waals surface area contributed by atoms with Gasteiger partial charge in [-0.2, -0.15) is 5.10 Å². The SMILES string of the molecule is O=C(N/N=C\c1cc([N+](=O)[O-])ccc1O)c1ccccc1I. The van der Waals surface area contributed by atoms with E-state index in [2.05, 4.69) is 10.5 Å². The second kappa shape index (κ2) is 6.98. The maximum atomic E-state index is 11.9. The number of aromatic hydroxyl groups is 1. The lowest BCUT2D eigenvalue weighted by Gasteiger charge is -2.02. The summed E-state index contributed by atoms with van der Waals surface area (Å²) in [5, 5.41) is 24.0. The van der Waals surface area contributed by atoms with Gasteiger partial charge in [-0.3, -0.25) is 14.9 Å². The van der Waals surface area contributed by atoms with Gasteiger partial charge in [0.2, 0.25) is 0 Å². The lowest BCUT2D eigenvalue weighted by atomic mass is 10.2. The van der Waals surface area contributed by atoms with Gasteiger partial charge in [-0.15, -0.1) is 0 Å². The zero-order valence-corrected chi connectivity index (χ0v) is 13.2. The fraction of sp³-hybridized carbons (Fsp3) is 0. The van der Waals surface area contributed by atoms with Crippen LogP contribution in [0.1, 0.15) is 15.9 Å². The minimum absolute atomic E-state index is 0.136. The number of hydrazone groups is 1. The Morgan fingerprint density at radius 2 is 2.05 bits per heavy atom. The number of nitro benzene ring substituents is 1. The normalized spacial score (nSPS) is 10.6. The summed E-state index contributed by atoms with van der Waals surface area (Å²) in [7, 11) is 0. The molecule has 0 unspecified atom stereocenters. The van der Waals surface area contributed by atoms with Crippen LogP contribution in [0.15, 0.2) is 47.6 Å². The Labute approximate surface area is 139 Å². The van der Waals surface area contributed by atoms with Crippen molar-refractivity contribution in [3.63, 3.8) is 0 Å². The molecule has 0 aromatic heterocycles. The van der Waals surface area contributed by atoms with Crippen molar-refractivity contribution in [2.45, 2.75) is 0 Å². The van der Waals surface area contributed by atoms with Crippen molar-refractivity contribution in [1.82, 2.24) is 5.43 Å². The highest BCUT2D eigenvalue weighted by Gasteiger charge is 2.10. The third-order valence-electron chi connectivity index (χ3n) is 2.71. The van der Waals surface area contributed by atoms with Crippen LogP contribution in [-0.2, 0) is 0 Å². The molecule has 22 heavy (non-hydrogen) atoms. The minimum Gasteiger partial charge on any atom is -0.507 e. The van der Waals surface area contributed by atoms with Gasteiger partial charge in [-0.1, -0.05) is 12.1 Å². The summed E-state index contributed by atoms with van der Waals surface area (Å²) in [6, 6.07) is 10.5. The van der Waals surface area contributed by atoms with Gasteiger partial charge in [-0.25, -0.2) is 5.43 Å². The highest BCUT2D eigenvalue weighted by Crippen LogP contribution is 2.21. The third-order valence-corrected chi connectivity index (χ3v) is 3.65. The predicted octanol–water partition coefficient (Wildman–Crippen LogP) is 2.67. The van der Waals surface area contributed by atoms with Crippen molar-refractivity contribution in [2.24, 2.45) is 5.10 Å². The molecule has 0 saturated carbocycles. The van der Waals surface area contributed by atoms with E-state index < -0.39 is 10.8 Å². The Morgan fingerprint density at radius 3 is 2.73 bits per heavy atom. The number of benzene rings is 2. The first kappa shape index (κ1) is 15.9. The second-order valence-electron chi connectivity index (χ2n) is 4.18. The van der Waals surface area contributed by atoms with Gasteiger partial charge in [0.15, 0.2) is 0 Å². The first-order chi connectivity index (χ1) is 10.5. The van der Waals surface area contributed by atoms with Crippen LogP contribution in [0.5, 0.6) is 5.75 Å². The standard InChI is InChI=1S/C14H10IN3O4/c15-12-4-2-1-3-11(12)14(20)17-16-8-9-7-10(18(21)22)5-6-13(9)19/h1-8,19H,(H,17,20)/b16-8-. The lowest BCUT2D eigenvalue weighted by molar-refractivity contribution is -0.384. The van der Waals surface area contributed by atoms with Crippen LogP contribution in [0.4, 0.5) is 5.69 Å². The number of hydrogen-bond donors (Lipinski definition) is 2. The molecule has 0 atom stereocenters. The van der Waals surface area contributed by atoms with Gasteiger partial charge in [0.05, 0.1) is 16.7 Å². The van der Waals surface area contributed by atoms with E-state index >= 15 is 0 Å². The first-order valence-electron chi connectivity index (χ1n) is 6.04. The van der Waals surface area contributed by atoms with Crippen molar-refractivity contribution >= 4 is 40.4 Å². The molecule has 0 heterocycles. The molecule has 0 radical (unpaired) electrons. The number of nitrogens with zero attached hydrogens (tertiary/aromatic N) is 2. The number of amides is 1. The summed E-state index contributed by atoms with van der Waals surface area (Å²) >= 11 is 2.03. The molecule has 2 aromatic carbocycles. The van der Waals surface area contributed by atoms with Crippen LogP contribution in [0.2, 0.25) is 0 Å². The van der Waals surface area contributed by atoms with Crippen molar-refractivity contribution < 1.29 is 14.8 Å². The van der Waals surface area contributed by atoms with E-state index in [-0.39, 0.29) is 17.0 Å². The number of hydrogen-bond acceptors (Lipinski definition) is 5. The molecule has 2 N–H and O–H groups in total. The van der Waals surface area contributed by atoms with E-state index in [0.29, 0.717) is 5.56 Å². The van der Waals surface area contributed by atoms with E-state index in [1.165, 1.54) is 12.1 Å². The Kier molecular flexibility index (Phi) is 5.04. The molecule has 0 spiro atoms. The molecule has 0 fully saturated rings. The van der Waals surface area contributed by atoms with Gasteiger partial charge >= 0.3 is 0 Å².